The van der Waals surface area contributed by atoms with Gasteiger partial charge in [-0.1, -0.05) is 6.07 Å². The molecular formula is C15H21FN2O2. The molecule has 20 heavy (non-hydrogen) atoms. The van der Waals surface area contributed by atoms with Crippen LogP contribution < -0.4 is 10.1 Å². The smallest absolute Gasteiger partial charge is 0.219 e. The normalized spacial score (nSPS) is 16.2. The molecule has 0 aromatic heterocycles. The van der Waals surface area contributed by atoms with E-state index in [9.17, 15) is 9.18 Å². The number of hydrogen-bond acceptors (Lipinski definition) is 3. The zero-order valence-electron chi connectivity index (χ0n) is 12.0. The van der Waals surface area contributed by atoms with Crippen LogP contribution in [-0.2, 0) is 11.3 Å². The van der Waals surface area contributed by atoms with E-state index in [0.29, 0.717) is 12.6 Å². The summed E-state index contributed by atoms with van der Waals surface area (Å²) in [6.07, 6.45) is 1.89. The first-order valence-electron chi connectivity index (χ1n) is 6.91. The van der Waals surface area contributed by atoms with E-state index >= 15 is 0 Å². The van der Waals surface area contributed by atoms with Crippen molar-refractivity contribution in [3.63, 3.8) is 0 Å². The third-order valence-electron chi connectivity index (χ3n) is 3.75. The fourth-order valence-corrected chi connectivity index (χ4v) is 2.48. The summed E-state index contributed by atoms with van der Waals surface area (Å²) >= 11 is 0. The molecule has 0 bridgehead atoms. The maximum absolute atomic E-state index is 13.6. The van der Waals surface area contributed by atoms with Gasteiger partial charge in [-0.25, -0.2) is 4.39 Å². The highest BCUT2D eigenvalue weighted by Gasteiger charge is 2.20. The van der Waals surface area contributed by atoms with Crippen LogP contribution in [0.15, 0.2) is 18.2 Å². The molecule has 1 fully saturated rings. The van der Waals surface area contributed by atoms with Crippen LogP contribution >= 0.6 is 0 Å². The first kappa shape index (κ1) is 14.8. The Morgan fingerprint density at radius 1 is 1.45 bits per heavy atom. The second kappa shape index (κ2) is 6.70. The number of nitrogens with zero attached hydrogens (tertiary/aromatic N) is 1. The van der Waals surface area contributed by atoms with Crippen LogP contribution in [0.1, 0.15) is 25.3 Å². The molecule has 0 aliphatic carbocycles. The number of piperidine rings is 1. The molecule has 1 aliphatic heterocycles. The quantitative estimate of drug-likeness (QED) is 0.916. The molecule has 5 heteroatoms. The Labute approximate surface area is 118 Å². The van der Waals surface area contributed by atoms with E-state index in [-0.39, 0.29) is 17.5 Å². The minimum absolute atomic E-state index is 0.140. The number of amides is 1. The lowest BCUT2D eigenvalue weighted by Crippen LogP contribution is -2.43. The molecule has 0 saturated carbocycles. The van der Waals surface area contributed by atoms with Crippen molar-refractivity contribution in [2.24, 2.45) is 0 Å². The Balaban J connectivity index is 1.81. The number of benzene rings is 1. The van der Waals surface area contributed by atoms with Gasteiger partial charge in [-0.3, -0.25) is 4.79 Å². The topological polar surface area (TPSA) is 41.6 Å². The van der Waals surface area contributed by atoms with Crippen molar-refractivity contribution in [3.05, 3.63) is 29.6 Å². The van der Waals surface area contributed by atoms with Gasteiger partial charge in [0.1, 0.15) is 0 Å². The van der Waals surface area contributed by atoms with Crippen LogP contribution in [0, 0.1) is 5.82 Å². The van der Waals surface area contributed by atoms with Gasteiger partial charge >= 0.3 is 0 Å². The highest BCUT2D eigenvalue weighted by Crippen LogP contribution is 2.18. The molecule has 4 nitrogen and oxygen atoms in total. The number of methoxy groups -OCH3 is 1. The molecule has 0 atom stereocenters. The molecule has 0 radical (unpaired) electrons. The van der Waals surface area contributed by atoms with Gasteiger partial charge < -0.3 is 15.0 Å². The molecule has 1 aromatic carbocycles. The molecule has 1 N–H and O–H groups in total. The van der Waals surface area contributed by atoms with Gasteiger partial charge in [0, 0.05) is 32.6 Å². The van der Waals surface area contributed by atoms with Gasteiger partial charge in [0.15, 0.2) is 11.6 Å². The molecule has 1 heterocycles. The predicted molar refractivity (Wildman–Crippen MR) is 75.1 cm³/mol. The van der Waals surface area contributed by atoms with Gasteiger partial charge in [0.25, 0.3) is 0 Å². The van der Waals surface area contributed by atoms with Crippen LogP contribution in [0.25, 0.3) is 0 Å². The first-order valence-corrected chi connectivity index (χ1v) is 6.91. The van der Waals surface area contributed by atoms with Crippen molar-refractivity contribution in [1.82, 2.24) is 10.2 Å². The molecule has 0 spiro atoms. The minimum Gasteiger partial charge on any atom is -0.494 e. The molecule has 1 saturated heterocycles. The summed E-state index contributed by atoms with van der Waals surface area (Å²) in [5.41, 5.74) is 0.900. The minimum atomic E-state index is -0.335. The van der Waals surface area contributed by atoms with E-state index in [1.165, 1.54) is 13.2 Å². The number of carbonyl (C=O) groups excluding carboxylic acids is 1. The van der Waals surface area contributed by atoms with E-state index in [0.717, 1.165) is 31.5 Å². The van der Waals surface area contributed by atoms with Crippen LogP contribution in [0.3, 0.4) is 0 Å². The van der Waals surface area contributed by atoms with E-state index in [4.69, 9.17) is 4.74 Å². The molecule has 0 unspecified atom stereocenters. The maximum Gasteiger partial charge on any atom is 0.219 e. The second-order valence-corrected chi connectivity index (χ2v) is 5.13. The average molecular weight is 280 g/mol. The summed E-state index contributed by atoms with van der Waals surface area (Å²) < 4.78 is 18.5. The zero-order valence-corrected chi connectivity index (χ0v) is 12.0. The monoisotopic (exact) mass is 280 g/mol. The molecule has 1 aliphatic rings. The Hall–Kier alpha value is -1.62. The maximum atomic E-state index is 13.6. The molecule has 1 amide bonds. The molecular weight excluding hydrogens is 259 g/mol. The Kier molecular flexibility index (Phi) is 4.95. The largest absolute Gasteiger partial charge is 0.494 e. The van der Waals surface area contributed by atoms with Crippen molar-refractivity contribution in [2.75, 3.05) is 20.2 Å². The lowest BCUT2D eigenvalue weighted by molar-refractivity contribution is -0.129. The fourth-order valence-electron chi connectivity index (χ4n) is 2.48. The lowest BCUT2D eigenvalue weighted by atomic mass is 10.0. The van der Waals surface area contributed by atoms with Crippen LogP contribution in [0.5, 0.6) is 5.75 Å². The van der Waals surface area contributed by atoms with Crippen molar-refractivity contribution in [2.45, 2.75) is 32.4 Å². The summed E-state index contributed by atoms with van der Waals surface area (Å²) in [5.74, 6) is 0.0717. The lowest BCUT2D eigenvalue weighted by Gasteiger charge is -2.31. The third-order valence-corrected chi connectivity index (χ3v) is 3.75. The predicted octanol–water partition coefficient (Wildman–Crippen LogP) is 1.93. The summed E-state index contributed by atoms with van der Waals surface area (Å²) in [6.45, 7) is 3.83. The average Bonchev–Trinajstić information content (AvgIpc) is 2.45. The molecule has 2 rings (SSSR count). The number of halogens is 1. The number of likely N-dealkylation sites (tertiary alicyclic amines) is 1. The number of hydrogen-bond donors (Lipinski definition) is 1. The number of carbonyl (C=O) groups is 1. The van der Waals surface area contributed by atoms with Crippen molar-refractivity contribution in [1.29, 1.82) is 0 Å². The van der Waals surface area contributed by atoms with E-state index in [1.807, 2.05) is 11.0 Å². The highest BCUT2D eigenvalue weighted by molar-refractivity contribution is 5.73. The first-order chi connectivity index (χ1) is 9.60. The summed E-state index contributed by atoms with van der Waals surface area (Å²) in [5, 5.41) is 3.42. The van der Waals surface area contributed by atoms with E-state index < -0.39 is 0 Å². The van der Waals surface area contributed by atoms with Gasteiger partial charge in [0.2, 0.25) is 5.91 Å². The van der Waals surface area contributed by atoms with Crippen molar-refractivity contribution < 1.29 is 13.9 Å². The van der Waals surface area contributed by atoms with Gasteiger partial charge in [0.05, 0.1) is 7.11 Å². The summed E-state index contributed by atoms with van der Waals surface area (Å²) in [6, 6.07) is 5.39. The number of ether oxygens (including phenoxy) is 1. The van der Waals surface area contributed by atoms with Crippen LogP contribution in [-0.4, -0.2) is 37.0 Å². The Bertz CT molecular complexity index is 471. The fraction of sp³-hybridized carbons (Fsp3) is 0.533. The second-order valence-electron chi connectivity index (χ2n) is 5.13. The Morgan fingerprint density at radius 2 is 2.15 bits per heavy atom. The highest BCUT2D eigenvalue weighted by atomic mass is 19.1. The SMILES string of the molecule is COc1ccc(CNC2CCN(C(C)=O)CC2)cc1F. The molecule has 110 valence electrons. The standard InChI is InChI=1S/C15H21FN2O2/c1-11(19)18-7-5-13(6-8-18)17-10-12-3-4-15(20-2)14(16)9-12/h3-4,9,13,17H,5-8,10H2,1-2H3. The van der Waals surface area contributed by atoms with Crippen molar-refractivity contribution >= 4 is 5.91 Å². The summed E-state index contributed by atoms with van der Waals surface area (Å²) in [7, 11) is 1.46. The van der Waals surface area contributed by atoms with Gasteiger partial charge in [-0.2, -0.15) is 0 Å². The van der Waals surface area contributed by atoms with Crippen molar-refractivity contribution in [3.8, 4) is 5.75 Å². The third kappa shape index (κ3) is 3.70. The van der Waals surface area contributed by atoms with Gasteiger partial charge in [-0.15, -0.1) is 0 Å². The van der Waals surface area contributed by atoms with E-state index in [1.54, 1.807) is 13.0 Å². The van der Waals surface area contributed by atoms with Crippen LogP contribution in [0.2, 0.25) is 0 Å². The Morgan fingerprint density at radius 3 is 2.70 bits per heavy atom. The van der Waals surface area contributed by atoms with Crippen LogP contribution in [0.4, 0.5) is 4.39 Å². The summed E-state index contributed by atoms with van der Waals surface area (Å²) in [4.78, 5) is 13.1. The number of rotatable bonds is 4. The van der Waals surface area contributed by atoms with Gasteiger partial charge in [-0.05, 0) is 30.5 Å². The number of nitrogens with one attached hydrogen (secondary N) is 1. The van der Waals surface area contributed by atoms with E-state index in [2.05, 4.69) is 5.32 Å². The zero-order chi connectivity index (χ0) is 14.5. The molecule has 1 aromatic rings.